The topological polar surface area (TPSA) is 25.8 Å². The van der Waals surface area contributed by atoms with Crippen LogP contribution in [-0.2, 0) is 10.8 Å². The Kier molecular flexibility index (Phi) is 5.05. The Hall–Kier alpha value is -3.52. The first-order valence-electron chi connectivity index (χ1n) is 11.6. The fraction of sp³-hybridized carbons (Fsp3) is 0.226. The highest BCUT2D eigenvalue weighted by Crippen LogP contribution is 2.40. The third-order valence-electron chi connectivity index (χ3n) is 6.76. The molecule has 5 aromatic rings. The van der Waals surface area contributed by atoms with Crippen LogP contribution < -0.4 is 0 Å². The fourth-order valence-electron chi connectivity index (χ4n) is 4.84. The molecule has 0 spiro atoms. The van der Waals surface area contributed by atoms with Crippen molar-refractivity contribution < 1.29 is 0 Å². The Balaban J connectivity index is 1.76. The molecule has 33 heavy (non-hydrogen) atoms. The lowest BCUT2D eigenvalue weighted by Gasteiger charge is -2.30. The standard InChI is InChI=1S/C31H30N2/c1-30(2,3)27-18-22-14-11-17-32-28(22)29-25(27)19-23(20-33-29)31(4,5)26-16-10-9-15-24(26)21-12-7-6-8-13-21/h6-20H,1-5H3. The van der Waals surface area contributed by atoms with Crippen LogP contribution in [0.25, 0.3) is 32.9 Å². The molecular formula is C31H30N2. The van der Waals surface area contributed by atoms with E-state index in [1.165, 1.54) is 33.2 Å². The van der Waals surface area contributed by atoms with Gasteiger partial charge in [0, 0.05) is 28.6 Å². The predicted octanol–water partition coefficient (Wildman–Crippen LogP) is 8.07. The summed E-state index contributed by atoms with van der Waals surface area (Å²) >= 11 is 0. The van der Waals surface area contributed by atoms with Gasteiger partial charge in [0.05, 0.1) is 11.0 Å². The zero-order valence-electron chi connectivity index (χ0n) is 20.1. The molecule has 2 heterocycles. The third kappa shape index (κ3) is 3.70. The van der Waals surface area contributed by atoms with Crippen molar-refractivity contribution in [2.24, 2.45) is 0 Å². The van der Waals surface area contributed by atoms with E-state index in [0.29, 0.717) is 0 Å². The Bertz CT molecular complexity index is 1460. The number of hydrogen-bond acceptors (Lipinski definition) is 2. The van der Waals surface area contributed by atoms with Crippen LogP contribution in [-0.4, -0.2) is 9.97 Å². The minimum absolute atomic E-state index is 0.00528. The summed E-state index contributed by atoms with van der Waals surface area (Å²) in [5, 5.41) is 2.33. The largest absolute Gasteiger partial charge is 0.254 e. The Labute approximate surface area is 196 Å². The lowest BCUT2D eigenvalue weighted by Crippen LogP contribution is -2.21. The van der Waals surface area contributed by atoms with Gasteiger partial charge in [-0.25, -0.2) is 0 Å². The van der Waals surface area contributed by atoms with Crippen molar-refractivity contribution in [2.45, 2.75) is 45.4 Å². The van der Waals surface area contributed by atoms with Crippen LogP contribution >= 0.6 is 0 Å². The minimum Gasteiger partial charge on any atom is -0.254 e. The first-order chi connectivity index (χ1) is 15.8. The summed E-state index contributed by atoms with van der Waals surface area (Å²) < 4.78 is 0. The van der Waals surface area contributed by atoms with E-state index < -0.39 is 0 Å². The molecule has 0 unspecified atom stereocenters. The van der Waals surface area contributed by atoms with Crippen LogP contribution in [0.2, 0.25) is 0 Å². The van der Waals surface area contributed by atoms with Gasteiger partial charge in [-0.15, -0.1) is 0 Å². The van der Waals surface area contributed by atoms with Crippen molar-refractivity contribution in [1.29, 1.82) is 0 Å². The summed E-state index contributed by atoms with van der Waals surface area (Å²) in [7, 11) is 0. The van der Waals surface area contributed by atoms with Crippen molar-refractivity contribution >= 4 is 21.8 Å². The van der Waals surface area contributed by atoms with E-state index >= 15 is 0 Å². The van der Waals surface area contributed by atoms with Gasteiger partial charge in [0.15, 0.2) is 0 Å². The summed E-state index contributed by atoms with van der Waals surface area (Å²) in [6, 6.07) is 28.1. The highest BCUT2D eigenvalue weighted by molar-refractivity contribution is 6.05. The van der Waals surface area contributed by atoms with E-state index in [-0.39, 0.29) is 10.8 Å². The molecule has 2 nitrogen and oxygen atoms in total. The first kappa shape index (κ1) is 21.3. The second kappa shape index (κ2) is 7.81. The molecule has 0 N–H and O–H groups in total. The summed E-state index contributed by atoms with van der Waals surface area (Å²) in [4.78, 5) is 9.69. The maximum atomic E-state index is 5.02. The molecule has 2 heteroatoms. The van der Waals surface area contributed by atoms with E-state index in [1.807, 2.05) is 18.5 Å². The highest BCUT2D eigenvalue weighted by atomic mass is 14.7. The van der Waals surface area contributed by atoms with Gasteiger partial charge in [0.2, 0.25) is 0 Å². The summed E-state index contributed by atoms with van der Waals surface area (Å²) in [6.07, 6.45) is 3.90. The van der Waals surface area contributed by atoms with Crippen LogP contribution in [0.1, 0.15) is 51.3 Å². The number of hydrogen-bond donors (Lipinski definition) is 0. The zero-order valence-corrected chi connectivity index (χ0v) is 20.1. The number of fused-ring (bicyclic) bond motifs is 3. The fourth-order valence-corrected chi connectivity index (χ4v) is 4.84. The smallest absolute Gasteiger partial charge is 0.0967 e. The van der Waals surface area contributed by atoms with E-state index in [9.17, 15) is 0 Å². The molecule has 2 aromatic heterocycles. The number of aromatic nitrogens is 2. The van der Waals surface area contributed by atoms with Crippen molar-refractivity contribution in [1.82, 2.24) is 9.97 Å². The molecule has 0 aliphatic rings. The van der Waals surface area contributed by atoms with Crippen LogP contribution in [0.4, 0.5) is 0 Å². The molecule has 0 saturated carbocycles. The number of benzene rings is 3. The molecule has 164 valence electrons. The molecular weight excluding hydrogens is 400 g/mol. The Morgan fingerprint density at radius 3 is 2.12 bits per heavy atom. The minimum atomic E-state index is -0.220. The molecule has 5 rings (SSSR count). The molecule has 0 bridgehead atoms. The van der Waals surface area contributed by atoms with E-state index in [4.69, 9.17) is 4.98 Å². The third-order valence-corrected chi connectivity index (χ3v) is 6.76. The molecule has 0 atom stereocenters. The molecule has 3 aromatic carbocycles. The molecule has 0 aliphatic carbocycles. The van der Waals surface area contributed by atoms with Crippen LogP contribution in [0, 0.1) is 0 Å². The van der Waals surface area contributed by atoms with Gasteiger partial charge in [-0.05, 0) is 51.4 Å². The lowest BCUT2D eigenvalue weighted by molar-refractivity contribution is 0.595. The Morgan fingerprint density at radius 2 is 1.36 bits per heavy atom. The monoisotopic (exact) mass is 430 g/mol. The van der Waals surface area contributed by atoms with Gasteiger partial charge in [-0.1, -0.05) is 95.3 Å². The van der Waals surface area contributed by atoms with Gasteiger partial charge in [0.1, 0.15) is 0 Å². The predicted molar refractivity (Wildman–Crippen MR) is 140 cm³/mol. The molecule has 0 radical (unpaired) electrons. The summed E-state index contributed by atoms with van der Waals surface area (Å²) in [5.41, 5.74) is 8.03. The van der Waals surface area contributed by atoms with Gasteiger partial charge < -0.3 is 0 Å². The number of pyridine rings is 2. The van der Waals surface area contributed by atoms with E-state index in [1.54, 1.807) is 0 Å². The van der Waals surface area contributed by atoms with E-state index in [0.717, 1.165) is 16.4 Å². The van der Waals surface area contributed by atoms with Crippen molar-refractivity contribution in [3.05, 3.63) is 108 Å². The lowest BCUT2D eigenvalue weighted by atomic mass is 9.74. The van der Waals surface area contributed by atoms with Gasteiger partial charge >= 0.3 is 0 Å². The average Bonchev–Trinajstić information content (AvgIpc) is 2.83. The van der Waals surface area contributed by atoms with Gasteiger partial charge in [-0.3, -0.25) is 9.97 Å². The maximum Gasteiger partial charge on any atom is 0.0967 e. The SMILES string of the molecule is CC(C)(C)c1cc2cccnc2c2ncc(C(C)(C)c3ccccc3-c3ccccc3)cc12. The molecule has 0 amide bonds. The highest BCUT2D eigenvalue weighted by Gasteiger charge is 2.28. The van der Waals surface area contributed by atoms with Crippen molar-refractivity contribution in [2.75, 3.05) is 0 Å². The zero-order chi connectivity index (χ0) is 23.2. The second-order valence-electron chi connectivity index (χ2n) is 10.4. The average molecular weight is 431 g/mol. The second-order valence-corrected chi connectivity index (χ2v) is 10.4. The van der Waals surface area contributed by atoms with Crippen molar-refractivity contribution in [3.63, 3.8) is 0 Å². The molecule has 0 fully saturated rings. The maximum absolute atomic E-state index is 5.02. The normalized spacial score (nSPS) is 12.4. The summed E-state index contributed by atoms with van der Waals surface area (Å²) in [5.74, 6) is 0. The van der Waals surface area contributed by atoms with Gasteiger partial charge in [-0.2, -0.15) is 0 Å². The van der Waals surface area contributed by atoms with Crippen LogP contribution in [0.3, 0.4) is 0 Å². The van der Waals surface area contributed by atoms with Crippen LogP contribution in [0.5, 0.6) is 0 Å². The summed E-state index contributed by atoms with van der Waals surface area (Å²) in [6.45, 7) is 11.4. The molecule has 0 saturated heterocycles. The van der Waals surface area contributed by atoms with Crippen LogP contribution in [0.15, 0.2) is 91.3 Å². The van der Waals surface area contributed by atoms with E-state index in [2.05, 4.69) is 112 Å². The van der Waals surface area contributed by atoms with Gasteiger partial charge in [0.25, 0.3) is 0 Å². The molecule has 0 aliphatic heterocycles. The quantitative estimate of drug-likeness (QED) is 0.270. The Morgan fingerprint density at radius 1 is 0.636 bits per heavy atom. The van der Waals surface area contributed by atoms with Crippen molar-refractivity contribution in [3.8, 4) is 11.1 Å². The first-order valence-corrected chi connectivity index (χ1v) is 11.6. The number of nitrogens with zero attached hydrogens (tertiary/aromatic N) is 2. The number of rotatable bonds is 3.